The summed E-state index contributed by atoms with van der Waals surface area (Å²) in [5.74, 6) is 0.452. The first-order valence-corrected chi connectivity index (χ1v) is 12.1. The van der Waals surface area contributed by atoms with Crippen molar-refractivity contribution in [3.05, 3.63) is 35.5 Å². The van der Waals surface area contributed by atoms with E-state index in [4.69, 9.17) is 21.1 Å². The largest absolute Gasteiger partial charge is 0.470 e. The summed E-state index contributed by atoms with van der Waals surface area (Å²) in [6, 6.07) is 6.20. The van der Waals surface area contributed by atoms with Gasteiger partial charge in [-0.3, -0.25) is 0 Å². The second-order valence-electron chi connectivity index (χ2n) is 7.66. The molecule has 2 heterocycles. The maximum absolute atomic E-state index is 12.6. The lowest BCUT2D eigenvalue weighted by Crippen LogP contribution is -2.38. The monoisotopic (exact) mass is 468 g/mol. The lowest BCUT2D eigenvalue weighted by atomic mass is 10.1. The maximum atomic E-state index is 12.6. The molecule has 0 spiro atoms. The lowest BCUT2D eigenvalue weighted by molar-refractivity contribution is 0.0575. The molecular weight excluding hydrogens is 444 g/mol. The van der Waals surface area contributed by atoms with Crippen LogP contribution in [0.5, 0.6) is 5.88 Å². The number of benzene rings is 1. The zero-order valence-electron chi connectivity index (χ0n) is 16.8. The highest BCUT2D eigenvalue weighted by molar-refractivity contribution is 7.89. The standard InChI is InChI=1S/C20H25ClN4O5S/c21-16-12-22-20(24-19(16)30-18-3-1-2-17(18)26)23-13-4-6-15(7-5-13)31(27,28)25-14-8-10-29-11-9-14/h4-7,12,14,17-18,25-26H,1-3,8-11H2,(H,22,23,24)/t17-,18-/m1/s1. The fourth-order valence-electron chi connectivity index (χ4n) is 3.63. The number of nitrogens with zero attached hydrogens (tertiary/aromatic N) is 2. The summed E-state index contributed by atoms with van der Waals surface area (Å²) in [5.41, 5.74) is 0.610. The van der Waals surface area contributed by atoms with Crippen molar-refractivity contribution in [2.24, 2.45) is 0 Å². The maximum Gasteiger partial charge on any atom is 0.240 e. The van der Waals surface area contributed by atoms with Crippen LogP contribution in [0.25, 0.3) is 0 Å². The van der Waals surface area contributed by atoms with Crippen molar-refractivity contribution in [2.45, 2.75) is 55.2 Å². The molecule has 4 rings (SSSR count). The van der Waals surface area contributed by atoms with Crippen LogP contribution in [-0.4, -0.2) is 55.0 Å². The fourth-order valence-corrected chi connectivity index (χ4v) is 5.07. The molecule has 2 fully saturated rings. The number of hydrogen-bond donors (Lipinski definition) is 3. The van der Waals surface area contributed by atoms with Crippen LogP contribution >= 0.6 is 11.6 Å². The number of aliphatic hydroxyl groups excluding tert-OH is 1. The van der Waals surface area contributed by atoms with Crippen LogP contribution < -0.4 is 14.8 Å². The van der Waals surface area contributed by atoms with Crippen LogP contribution in [0.4, 0.5) is 11.6 Å². The highest BCUT2D eigenvalue weighted by Gasteiger charge is 2.28. The first kappa shape index (κ1) is 22.2. The van der Waals surface area contributed by atoms with Gasteiger partial charge in [-0.1, -0.05) is 11.6 Å². The van der Waals surface area contributed by atoms with E-state index in [9.17, 15) is 13.5 Å². The van der Waals surface area contributed by atoms with Crippen molar-refractivity contribution in [1.82, 2.24) is 14.7 Å². The Hall–Kier alpha value is -1.98. The number of hydrogen-bond acceptors (Lipinski definition) is 8. The van der Waals surface area contributed by atoms with Crippen LogP contribution in [0.3, 0.4) is 0 Å². The van der Waals surface area contributed by atoms with Gasteiger partial charge in [-0.05, 0) is 56.4 Å². The highest BCUT2D eigenvalue weighted by Crippen LogP contribution is 2.29. The first-order chi connectivity index (χ1) is 14.9. The Morgan fingerprint density at radius 1 is 1.13 bits per heavy atom. The average molecular weight is 469 g/mol. The topological polar surface area (TPSA) is 123 Å². The van der Waals surface area contributed by atoms with Crippen molar-refractivity contribution < 1.29 is 23.0 Å². The van der Waals surface area contributed by atoms with Gasteiger partial charge >= 0.3 is 0 Å². The molecule has 1 aromatic carbocycles. The number of anilines is 2. The van der Waals surface area contributed by atoms with Gasteiger partial charge in [0.05, 0.1) is 17.2 Å². The van der Waals surface area contributed by atoms with E-state index in [1.807, 2.05) is 0 Å². The zero-order valence-corrected chi connectivity index (χ0v) is 18.4. The minimum absolute atomic E-state index is 0.115. The second-order valence-corrected chi connectivity index (χ2v) is 9.78. The van der Waals surface area contributed by atoms with E-state index in [2.05, 4.69) is 20.0 Å². The summed E-state index contributed by atoms with van der Waals surface area (Å²) in [5, 5.41) is 13.2. The summed E-state index contributed by atoms with van der Waals surface area (Å²) < 4.78 is 38.9. The minimum Gasteiger partial charge on any atom is -0.470 e. The molecule has 168 valence electrons. The van der Waals surface area contributed by atoms with Crippen LogP contribution in [-0.2, 0) is 14.8 Å². The van der Waals surface area contributed by atoms with Gasteiger partial charge in [0, 0.05) is 24.9 Å². The van der Waals surface area contributed by atoms with Gasteiger partial charge in [0.1, 0.15) is 11.1 Å². The molecule has 0 unspecified atom stereocenters. The molecule has 1 aliphatic carbocycles. The Bertz CT molecular complexity index is 999. The summed E-state index contributed by atoms with van der Waals surface area (Å²) in [4.78, 5) is 8.60. The molecule has 9 nitrogen and oxygen atoms in total. The van der Waals surface area contributed by atoms with Gasteiger partial charge in [-0.15, -0.1) is 0 Å². The molecule has 2 aliphatic rings. The fraction of sp³-hybridized carbons (Fsp3) is 0.500. The first-order valence-electron chi connectivity index (χ1n) is 10.3. The van der Waals surface area contributed by atoms with Gasteiger partial charge in [0.25, 0.3) is 0 Å². The third-order valence-corrected chi connectivity index (χ3v) is 7.15. The molecule has 1 saturated heterocycles. The summed E-state index contributed by atoms with van der Waals surface area (Å²) in [7, 11) is -3.61. The Morgan fingerprint density at radius 3 is 2.55 bits per heavy atom. The highest BCUT2D eigenvalue weighted by atomic mass is 35.5. The predicted octanol–water partition coefficient (Wildman–Crippen LogP) is 2.62. The number of nitrogens with one attached hydrogen (secondary N) is 2. The quantitative estimate of drug-likeness (QED) is 0.566. The van der Waals surface area contributed by atoms with Crippen molar-refractivity contribution in [1.29, 1.82) is 0 Å². The number of halogens is 1. The Labute approximate surface area is 186 Å². The molecule has 1 saturated carbocycles. The van der Waals surface area contributed by atoms with Crippen LogP contribution in [0.2, 0.25) is 5.02 Å². The van der Waals surface area contributed by atoms with E-state index in [1.165, 1.54) is 18.3 Å². The van der Waals surface area contributed by atoms with Crippen molar-refractivity contribution in [3.8, 4) is 5.88 Å². The van der Waals surface area contributed by atoms with E-state index in [0.717, 1.165) is 12.8 Å². The van der Waals surface area contributed by atoms with E-state index in [0.29, 0.717) is 38.2 Å². The normalized spacial score (nSPS) is 22.4. The van der Waals surface area contributed by atoms with Crippen molar-refractivity contribution >= 4 is 33.3 Å². The molecule has 2 aromatic rings. The van der Waals surface area contributed by atoms with Gasteiger partial charge < -0.3 is 19.9 Å². The van der Waals surface area contributed by atoms with Gasteiger partial charge in [0.2, 0.25) is 21.9 Å². The van der Waals surface area contributed by atoms with E-state index in [-0.39, 0.29) is 33.9 Å². The minimum atomic E-state index is -3.61. The molecule has 1 aromatic heterocycles. The number of ether oxygens (including phenoxy) is 2. The summed E-state index contributed by atoms with van der Waals surface area (Å²) in [6.45, 7) is 1.12. The molecule has 2 atom stereocenters. The molecule has 31 heavy (non-hydrogen) atoms. The summed E-state index contributed by atoms with van der Waals surface area (Å²) in [6.07, 6.45) is 4.19. The predicted molar refractivity (Wildman–Crippen MR) is 115 cm³/mol. The molecular formula is C20H25ClN4O5S. The van der Waals surface area contributed by atoms with Crippen LogP contribution in [0.15, 0.2) is 35.4 Å². The lowest BCUT2D eigenvalue weighted by Gasteiger charge is -2.23. The number of rotatable bonds is 7. The van der Waals surface area contributed by atoms with E-state index in [1.54, 1.807) is 12.1 Å². The van der Waals surface area contributed by atoms with Crippen molar-refractivity contribution in [2.75, 3.05) is 18.5 Å². The summed E-state index contributed by atoms with van der Waals surface area (Å²) >= 11 is 6.14. The molecule has 0 amide bonds. The molecule has 3 N–H and O–H groups in total. The second kappa shape index (κ2) is 9.66. The number of aromatic nitrogens is 2. The Balaban J connectivity index is 1.42. The molecule has 0 radical (unpaired) electrons. The van der Waals surface area contributed by atoms with Gasteiger partial charge in [0.15, 0.2) is 0 Å². The Morgan fingerprint density at radius 2 is 1.87 bits per heavy atom. The van der Waals surface area contributed by atoms with Crippen LogP contribution in [0.1, 0.15) is 32.1 Å². The van der Waals surface area contributed by atoms with Gasteiger partial charge in [-0.25, -0.2) is 18.1 Å². The van der Waals surface area contributed by atoms with E-state index >= 15 is 0 Å². The van der Waals surface area contributed by atoms with Gasteiger partial charge in [-0.2, -0.15) is 4.98 Å². The third-order valence-electron chi connectivity index (χ3n) is 5.36. The zero-order chi connectivity index (χ0) is 21.8. The molecule has 1 aliphatic heterocycles. The average Bonchev–Trinajstić information content (AvgIpc) is 3.16. The van der Waals surface area contributed by atoms with E-state index < -0.39 is 16.1 Å². The number of sulfonamides is 1. The Kier molecular flexibility index (Phi) is 6.92. The third kappa shape index (κ3) is 5.64. The SMILES string of the molecule is O=S(=O)(NC1CCOCC1)c1ccc(Nc2ncc(Cl)c(O[C@@H]3CCC[C@H]3O)n2)cc1. The molecule has 0 bridgehead atoms. The molecule has 11 heteroatoms. The number of aliphatic hydroxyl groups is 1. The van der Waals surface area contributed by atoms with Crippen molar-refractivity contribution in [3.63, 3.8) is 0 Å². The van der Waals surface area contributed by atoms with Crippen LogP contribution in [0, 0.1) is 0 Å². The smallest absolute Gasteiger partial charge is 0.240 e.